The van der Waals surface area contributed by atoms with Gasteiger partial charge in [0.05, 0.1) is 17.5 Å². The van der Waals surface area contributed by atoms with Crippen LogP contribution in [0.15, 0.2) is 6.20 Å². The van der Waals surface area contributed by atoms with Crippen molar-refractivity contribution < 1.29 is 4.74 Å². The molecule has 120 valence electrons. The molecule has 1 aliphatic heterocycles. The molecular formula is C17H25N3OS. The maximum atomic E-state index is 5.94. The van der Waals surface area contributed by atoms with Crippen molar-refractivity contribution in [1.29, 1.82) is 0 Å². The van der Waals surface area contributed by atoms with Crippen molar-refractivity contribution in [3.8, 4) is 0 Å². The molecule has 2 aliphatic rings. The van der Waals surface area contributed by atoms with Gasteiger partial charge in [0.15, 0.2) is 4.96 Å². The summed E-state index contributed by atoms with van der Waals surface area (Å²) < 4.78 is 8.22. The van der Waals surface area contributed by atoms with Crippen molar-refractivity contribution in [3.63, 3.8) is 0 Å². The molecule has 0 bridgehead atoms. The SMILES string of the molecule is Cc1cn2c(CN(C)C3C4CCOC4C3(C)C)c(C)nc2s1. The lowest BCUT2D eigenvalue weighted by Crippen LogP contribution is -2.65. The molecule has 22 heavy (non-hydrogen) atoms. The van der Waals surface area contributed by atoms with Crippen LogP contribution in [0.1, 0.15) is 36.5 Å². The molecule has 4 nitrogen and oxygen atoms in total. The van der Waals surface area contributed by atoms with Gasteiger partial charge in [-0.05, 0) is 27.3 Å². The van der Waals surface area contributed by atoms with Gasteiger partial charge in [-0.3, -0.25) is 9.30 Å². The molecule has 1 saturated carbocycles. The van der Waals surface area contributed by atoms with Crippen LogP contribution in [0.4, 0.5) is 0 Å². The summed E-state index contributed by atoms with van der Waals surface area (Å²) >= 11 is 1.77. The molecule has 3 unspecified atom stereocenters. The number of aryl methyl sites for hydroxylation is 2. The fourth-order valence-electron chi connectivity index (χ4n) is 4.83. The van der Waals surface area contributed by atoms with Gasteiger partial charge in [-0.15, -0.1) is 11.3 Å². The summed E-state index contributed by atoms with van der Waals surface area (Å²) in [5.74, 6) is 0.702. The molecular weight excluding hydrogens is 294 g/mol. The van der Waals surface area contributed by atoms with Crippen LogP contribution < -0.4 is 0 Å². The van der Waals surface area contributed by atoms with Crippen LogP contribution in [0.25, 0.3) is 4.96 Å². The van der Waals surface area contributed by atoms with Crippen molar-refractivity contribution in [3.05, 3.63) is 22.5 Å². The summed E-state index contributed by atoms with van der Waals surface area (Å²) in [4.78, 5) is 9.69. The monoisotopic (exact) mass is 319 g/mol. The molecule has 3 heterocycles. The lowest BCUT2D eigenvalue weighted by molar-refractivity contribution is -0.151. The molecule has 3 atom stereocenters. The zero-order valence-corrected chi connectivity index (χ0v) is 14.9. The first-order valence-corrected chi connectivity index (χ1v) is 8.97. The van der Waals surface area contributed by atoms with E-state index in [-0.39, 0.29) is 5.41 Å². The van der Waals surface area contributed by atoms with Gasteiger partial charge in [0.1, 0.15) is 0 Å². The maximum Gasteiger partial charge on any atom is 0.194 e. The third kappa shape index (κ3) is 1.92. The number of hydrogen-bond donors (Lipinski definition) is 0. The van der Waals surface area contributed by atoms with E-state index < -0.39 is 0 Å². The normalized spacial score (nSPS) is 30.0. The van der Waals surface area contributed by atoms with Crippen LogP contribution in [0.2, 0.25) is 0 Å². The first kappa shape index (κ1) is 14.7. The Morgan fingerprint density at radius 1 is 1.45 bits per heavy atom. The van der Waals surface area contributed by atoms with Gasteiger partial charge in [0.2, 0.25) is 0 Å². The van der Waals surface area contributed by atoms with Crippen molar-refractivity contribution in [1.82, 2.24) is 14.3 Å². The molecule has 4 rings (SSSR count). The number of thiazole rings is 1. The summed E-state index contributed by atoms with van der Waals surface area (Å²) in [6, 6.07) is 0.602. The Balaban J connectivity index is 1.61. The molecule has 0 amide bonds. The Kier molecular flexibility index (Phi) is 3.19. The second kappa shape index (κ2) is 4.79. The van der Waals surface area contributed by atoms with Crippen LogP contribution >= 0.6 is 11.3 Å². The van der Waals surface area contributed by atoms with E-state index in [9.17, 15) is 0 Å². The third-order valence-corrected chi connectivity index (χ3v) is 6.55. The quantitative estimate of drug-likeness (QED) is 0.870. The van der Waals surface area contributed by atoms with Gasteiger partial charge in [-0.1, -0.05) is 13.8 Å². The van der Waals surface area contributed by atoms with Crippen LogP contribution in [0.3, 0.4) is 0 Å². The molecule has 1 saturated heterocycles. The van der Waals surface area contributed by atoms with Crippen molar-refractivity contribution in [2.45, 2.75) is 52.8 Å². The summed E-state index contributed by atoms with van der Waals surface area (Å²) in [5.41, 5.74) is 2.74. The minimum Gasteiger partial charge on any atom is -0.377 e. The van der Waals surface area contributed by atoms with Gasteiger partial charge < -0.3 is 4.74 Å². The van der Waals surface area contributed by atoms with E-state index in [0.29, 0.717) is 18.1 Å². The van der Waals surface area contributed by atoms with Gasteiger partial charge >= 0.3 is 0 Å². The third-order valence-electron chi connectivity index (χ3n) is 5.65. The Bertz CT molecular complexity index is 717. The van der Waals surface area contributed by atoms with E-state index in [1.807, 2.05) is 0 Å². The number of fused-ring (bicyclic) bond motifs is 2. The highest BCUT2D eigenvalue weighted by atomic mass is 32.1. The van der Waals surface area contributed by atoms with Crippen molar-refractivity contribution >= 4 is 16.3 Å². The molecule has 5 heteroatoms. The maximum absolute atomic E-state index is 5.94. The zero-order valence-electron chi connectivity index (χ0n) is 14.1. The minimum absolute atomic E-state index is 0.248. The fourth-order valence-corrected chi connectivity index (χ4v) is 5.72. The average Bonchev–Trinajstić information content (AvgIpc) is 3.06. The Morgan fingerprint density at radius 3 is 3.00 bits per heavy atom. The largest absolute Gasteiger partial charge is 0.377 e. The smallest absolute Gasteiger partial charge is 0.194 e. The van der Waals surface area contributed by atoms with Crippen LogP contribution in [-0.2, 0) is 11.3 Å². The number of rotatable bonds is 3. The molecule has 1 aliphatic carbocycles. The summed E-state index contributed by atoms with van der Waals surface area (Å²) in [6.45, 7) is 10.9. The Hall–Kier alpha value is -0.910. The fraction of sp³-hybridized carbons (Fsp3) is 0.706. The van der Waals surface area contributed by atoms with E-state index in [1.165, 1.54) is 17.0 Å². The summed E-state index contributed by atoms with van der Waals surface area (Å²) in [5, 5.41) is 0. The van der Waals surface area contributed by atoms with Crippen molar-refractivity contribution in [2.24, 2.45) is 11.3 Å². The topological polar surface area (TPSA) is 29.8 Å². The number of imidazole rings is 1. The van der Waals surface area contributed by atoms with E-state index in [0.717, 1.165) is 23.8 Å². The summed E-state index contributed by atoms with van der Waals surface area (Å²) in [6.07, 6.45) is 3.88. The van der Waals surface area contributed by atoms with Gasteiger partial charge in [-0.2, -0.15) is 0 Å². The van der Waals surface area contributed by atoms with Crippen molar-refractivity contribution in [2.75, 3.05) is 13.7 Å². The zero-order chi connectivity index (χ0) is 15.6. The van der Waals surface area contributed by atoms with E-state index >= 15 is 0 Å². The number of aromatic nitrogens is 2. The molecule has 0 N–H and O–H groups in total. The second-order valence-electron chi connectivity index (χ2n) is 7.56. The summed E-state index contributed by atoms with van der Waals surface area (Å²) in [7, 11) is 2.26. The highest BCUT2D eigenvalue weighted by Gasteiger charge is 2.60. The van der Waals surface area contributed by atoms with Gasteiger partial charge in [-0.25, -0.2) is 4.98 Å². The predicted octanol–water partition coefficient (Wildman–Crippen LogP) is 3.26. The first-order valence-electron chi connectivity index (χ1n) is 8.15. The average molecular weight is 319 g/mol. The van der Waals surface area contributed by atoms with Gasteiger partial charge in [0, 0.05) is 41.6 Å². The number of ether oxygens (including phenoxy) is 1. The van der Waals surface area contributed by atoms with E-state index in [2.05, 4.69) is 50.2 Å². The lowest BCUT2D eigenvalue weighted by atomic mass is 9.57. The lowest BCUT2D eigenvalue weighted by Gasteiger charge is -2.58. The Labute approximate surface area is 136 Å². The number of nitrogens with zero attached hydrogens (tertiary/aromatic N) is 3. The predicted molar refractivity (Wildman–Crippen MR) is 89.4 cm³/mol. The highest BCUT2D eigenvalue weighted by Crippen LogP contribution is 2.54. The number of hydrogen-bond acceptors (Lipinski definition) is 4. The van der Waals surface area contributed by atoms with Crippen LogP contribution in [-0.4, -0.2) is 40.1 Å². The van der Waals surface area contributed by atoms with E-state index in [1.54, 1.807) is 11.3 Å². The van der Waals surface area contributed by atoms with Crippen LogP contribution in [0.5, 0.6) is 0 Å². The molecule has 0 aromatic carbocycles. The second-order valence-corrected chi connectivity index (χ2v) is 8.78. The first-order chi connectivity index (χ1) is 10.4. The van der Waals surface area contributed by atoms with Crippen LogP contribution in [0, 0.1) is 25.2 Å². The molecule has 0 radical (unpaired) electrons. The molecule has 2 aromatic heterocycles. The molecule has 2 aromatic rings. The Morgan fingerprint density at radius 2 is 2.23 bits per heavy atom. The molecule has 0 spiro atoms. The standard InChI is InChI=1S/C17H25N3OS/c1-10-8-20-13(11(2)18-16(20)22-10)9-19(5)14-12-6-7-21-15(12)17(14,3)4/h8,12,14-15H,6-7,9H2,1-5H3. The van der Waals surface area contributed by atoms with Gasteiger partial charge in [0.25, 0.3) is 0 Å². The van der Waals surface area contributed by atoms with E-state index in [4.69, 9.17) is 9.72 Å². The molecule has 2 fully saturated rings. The highest BCUT2D eigenvalue weighted by molar-refractivity contribution is 7.17. The minimum atomic E-state index is 0.248.